The van der Waals surface area contributed by atoms with Gasteiger partial charge in [-0.05, 0) is 46.8 Å². The fraction of sp³-hybridized carbons (Fsp3) is 0. The van der Waals surface area contributed by atoms with E-state index in [0.29, 0.717) is 5.82 Å². The summed E-state index contributed by atoms with van der Waals surface area (Å²) in [4.78, 5) is 10.7. The average molecular weight is 574 g/mol. The fourth-order valence-electron chi connectivity index (χ4n) is 6.73. The van der Waals surface area contributed by atoms with Gasteiger partial charge in [0.2, 0.25) is 0 Å². The van der Waals surface area contributed by atoms with Crippen molar-refractivity contribution in [2.24, 2.45) is 0 Å². The molecule has 0 bridgehead atoms. The largest absolute Gasteiger partial charge is 0.309 e. The first-order valence-corrected chi connectivity index (χ1v) is 15.3. The van der Waals surface area contributed by atoms with E-state index in [1.54, 1.807) is 0 Å². The minimum Gasteiger partial charge on any atom is -0.309 e. The second-order valence-corrected chi connectivity index (χ2v) is 11.4. The minimum atomic E-state index is 0.708. The number of nitrogens with zero attached hydrogens (tertiary/aromatic N) is 3. The Morgan fingerprint density at radius 2 is 1.00 bits per heavy atom. The summed E-state index contributed by atoms with van der Waals surface area (Å²) in [6.45, 7) is 0. The highest BCUT2D eigenvalue weighted by Gasteiger charge is 2.19. The van der Waals surface area contributed by atoms with Crippen LogP contribution in [0.15, 0.2) is 164 Å². The van der Waals surface area contributed by atoms with Crippen molar-refractivity contribution in [3.8, 4) is 39.5 Å². The van der Waals surface area contributed by atoms with Crippen LogP contribution in [0.3, 0.4) is 0 Å². The fourth-order valence-corrected chi connectivity index (χ4v) is 6.73. The van der Waals surface area contributed by atoms with E-state index in [4.69, 9.17) is 9.97 Å². The molecule has 0 spiro atoms. The summed E-state index contributed by atoms with van der Waals surface area (Å²) >= 11 is 0. The molecular weight excluding hydrogens is 546 g/mol. The Morgan fingerprint density at radius 3 is 1.71 bits per heavy atom. The van der Waals surface area contributed by atoms with E-state index in [9.17, 15) is 0 Å². The molecule has 2 aromatic heterocycles. The van der Waals surface area contributed by atoms with E-state index < -0.39 is 0 Å². The first-order valence-electron chi connectivity index (χ1n) is 15.3. The van der Waals surface area contributed by atoms with Gasteiger partial charge in [0.25, 0.3) is 0 Å². The van der Waals surface area contributed by atoms with E-state index in [-0.39, 0.29) is 0 Å². The summed E-state index contributed by atoms with van der Waals surface area (Å²) < 4.78 is 2.36. The quantitative estimate of drug-likeness (QED) is 0.196. The van der Waals surface area contributed by atoms with Gasteiger partial charge in [0, 0.05) is 38.4 Å². The van der Waals surface area contributed by atoms with Gasteiger partial charge < -0.3 is 4.57 Å². The maximum Gasteiger partial charge on any atom is 0.161 e. The monoisotopic (exact) mass is 573 g/mol. The summed E-state index contributed by atoms with van der Waals surface area (Å²) in [5.74, 6) is 0.708. The smallest absolute Gasteiger partial charge is 0.161 e. The molecule has 0 saturated heterocycles. The summed E-state index contributed by atoms with van der Waals surface area (Å²) in [5.41, 5.74) is 9.60. The number of aromatic nitrogens is 3. The SMILES string of the molecule is c1ccc(-c2ccc(-n3c4ccccc4c4ccccc43)cc2-c2nc(-c3ccccc3)c3ccc4ccccc4c3n2)cc1. The van der Waals surface area contributed by atoms with Crippen molar-refractivity contribution in [1.82, 2.24) is 14.5 Å². The van der Waals surface area contributed by atoms with Crippen LogP contribution in [0, 0.1) is 0 Å². The van der Waals surface area contributed by atoms with Crippen molar-refractivity contribution in [2.75, 3.05) is 0 Å². The number of rotatable bonds is 4. The Hall–Kier alpha value is -6.06. The zero-order valence-electron chi connectivity index (χ0n) is 24.4. The summed E-state index contributed by atoms with van der Waals surface area (Å²) in [7, 11) is 0. The van der Waals surface area contributed by atoms with Crippen LogP contribution in [-0.4, -0.2) is 14.5 Å². The lowest BCUT2D eigenvalue weighted by Gasteiger charge is -2.16. The Bertz CT molecular complexity index is 2480. The predicted octanol–water partition coefficient (Wildman–Crippen LogP) is 10.9. The Morgan fingerprint density at radius 1 is 0.400 bits per heavy atom. The molecule has 45 heavy (non-hydrogen) atoms. The molecular formula is C42H27N3. The van der Waals surface area contributed by atoms with Gasteiger partial charge in [0.15, 0.2) is 5.82 Å². The topological polar surface area (TPSA) is 30.7 Å². The average Bonchev–Trinajstić information content (AvgIpc) is 3.46. The van der Waals surface area contributed by atoms with Gasteiger partial charge in [-0.25, -0.2) is 9.97 Å². The lowest BCUT2D eigenvalue weighted by atomic mass is 9.97. The summed E-state index contributed by atoms with van der Waals surface area (Å²) in [5, 5.41) is 5.80. The third-order valence-electron chi connectivity index (χ3n) is 8.81. The lowest BCUT2D eigenvalue weighted by molar-refractivity contribution is 1.17. The third kappa shape index (κ3) is 4.13. The molecule has 0 atom stereocenters. The highest BCUT2D eigenvalue weighted by molar-refractivity contribution is 6.11. The van der Waals surface area contributed by atoms with Crippen LogP contribution in [0.1, 0.15) is 0 Å². The maximum absolute atomic E-state index is 5.37. The van der Waals surface area contributed by atoms with Crippen molar-refractivity contribution in [3.05, 3.63) is 164 Å². The van der Waals surface area contributed by atoms with Crippen molar-refractivity contribution >= 4 is 43.5 Å². The van der Waals surface area contributed by atoms with Crippen LogP contribution >= 0.6 is 0 Å². The van der Waals surface area contributed by atoms with Crippen LogP contribution in [0.4, 0.5) is 0 Å². The van der Waals surface area contributed by atoms with Crippen LogP contribution in [0.2, 0.25) is 0 Å². The third-order valence-corrected chi connectivity index (χ3v) is 8.81. The molecule has 0 fully saturated rings. The highest BCUT2D eigenvalue weighted by atomic mass is 15.0. The van der Waals surface area contributed by atoms with Crippen LogP contribution in [0.25, 0.3) is 82.9 Å². The molecule has 0 saturated carbocycles. The second-order valence-electron chi connectivity index (χ2n) is 11.4. The molecule has 9 rings (SSSR count). The van der Waals surface area contributed by atoms with E-state index in [1.165, 1.54) is 21.8 Å². The predicted molar refractivity (Wildman–Crippen MR) is 188 cm³/mol. The van der Waals surface area contributed by atoms with Gasteiger partial charge in [-0.3, -0.25) is 0 Å². The zero-order valence-corrected chi connectivity index (χ0v) is 24.4. The molecule has 9 aromatic rings. The van der Waals surface area contributed by atoms with Gasteiger partial charge >= 0.3 is 0 Å². The Labute approximate surface area is 260 Å². The molecule has 3 nitrogen and oxygen atoms in total. The normalized spacial score (nSPS) is 11.6. The van der Waals surface area contributed by atoms with Crippen LogP contribution in [0.5, 0.6) is 0 Å². The molecule has 2 heterocycles. The molecule has 7 aromatic carbocycles. The van der Waals surface area contributed by atoms with Gasteiger partial charge in [0.1, 0.15) is 0 Å². The number of fused-ring (bicyclic) bond motifs is 6. The first kappa shape index (κ1) is 25.4. The Balaban J connectivity index is 1.39. The van der Waals surface area contributed by atoms with Gasteiger partial charge in [-0.15, -0.1) is 0 Å². The summed E-state index contributed by atoms with van der Waals surface area (Å²) in [6, 6.07) is 57.8. The molecule has 0 radical (unpaired) electrons. The molecule has 0 N–H and O–H groups in total. The number of benzene rings is 7. The molecule has 0 aliphatic rings. The van der Waals surface area contributed by atoms with Gasteiger partial charge in [-0.2, -0.15) is 0 Å². The van der Waals surface area contributed by atoms with Crippen molar-refractivity contribution in [3.63, 3.8) is 0 Å². The van der Waals surface area contributed by atoms with Crippen LogP contribution in [-0.2, 0) is 0 Å². The van der Waals surface area contributed by atoms with E-state index in [2.05, 4.69) is 162 Å². The number of hydrogen-bond donors (Lipinski definition) is 0. The van der Waals surface area contributed by atoms with Crippen molar-refractivity contribution < 1.29 is 0 Å². The molecule has 0 amide bonds. The van der Waals surface area contributed by atoms with E-state index in [0.717, 1.165) is 55.3 Å². The van der Waals surface area contributed by atoms with Crippen molar-refractivity contribution in [2.45, 2.75) is 0 Å². The minimum absolute atomic E-state index is 0.708. The van der Waals surface area contributed by atoms with Gasteiger partial charge in [-0.1, -0.05) is 133 Å². The number of hydrogen-bond acceptors (Lipinski definition) is 2. The highest BCUT2D eigenvalue weighted by Crippen LogP contribution is 2.39. The molecule has 210 valence electrons. The molecule has 0 aliphatic carbocycles. The number of para-hydroxylation sites is 2. The van der Waals surface area contributed by atoms with E-state index in [1.807, 2.05) is 6.07 Å². The second kappa shape index (κ2) is 10.3. The standard InChI is InChI=1S/C42H27N3/c1-3-13-28(14-4-1)32-26-24-31(45-38-21-11-9-19-34(38)35-20-10-12-22-39(35)45)27-37(32)42-43-40(30-16-5-2-6-17-30)36-25-23-29-15-7-8-18-33(29)41(36)44-42/h1-27H. The summed E-state index contributed by atoms with van der Waals surface area (Å²) in [6.07, 6.45) is 0. The maximum atomic E-state index is 5.37. The van der Waals surface area contributed by atoms with E-state index >= 15 is 0 Å². The lowest BCUT2D eigenvalue weighted by Crippen LogP contribution is -2.00. The Kier molecular flexibility index (Phi) is 5.82. The first-order chi connectivity index (χ1) is 22.3. The zero-order chi connectivity index (χ0) is 29.7. The molecule has 3 heteroatoms. The molecule has 0 aliphatic heterocycles. The molecule has 0 unspecified atom stereocenters. The van der Waals surface area contributed by atoms with Crippen LogP contribution < -0.4 is 0 Å². The van der Waals surface area contributed by atoms with Gasteiger partial charge in [0.05, 0.1) is 22.2 Å². The van der Waals surface area contributed by atoms with Crippen molar-refractivity contribution in [1.29, 1.82) is 0 Å².